The van der Waals surface area contributed by atoms with Gasteiger partial charge in [-0.2, -0.15) is 0 Å². The van der Waals surface area contributed by atoms with Crippen molar-refractivity contribution in [3.63, 3.8) is 0 Å². The van der Waals surface area contributed by atoms with Gasteiger partial charge in [0.05, 0.1) is 21.1 Å². The average Bonchev–Trinajstić information content (AvgIpc) is 2.28. The molecule has 4 nitrogen and oxygen atoms in total. The molecule has 1 aliphatic carbocycles. The van der Waals surface area contributed by atoms with Crippen molar-refractivity contribution in [2.24, 2.45) is 0 Å². The van der Waals surface area contributed by atoms with Crippen molar-refractivity contribution in [2.75, 3.05) is 34.2 Å². The molecule has 0 saturated heterocycles. The lowest BCUT2D eigenvalue weighted by atomic mass is 9.91. The first kappa shape index (κ1) is 17.1. The summed E-state index contributed by atoms with van der Waals surface area (Å²) in [6, 6.07) is 0.216. The molecular weight excluding hydrogens is 266 g/mol. The van der Waals surface area contributed by atoms with Gasteiger partial charge in [0.1, 0.15) is 12.1 Å². The van der Waals surface area contributed by atoms with Crippen LogP contribution in [0.1, 0.15) is 39.5 Å². The van der Waals surface area contributed by atoms with Crippen LogP contribution in [-0.4, -0.2) is 55.5 Å². The monoisotopic (exact) mass is 295 g/mol. The molecule has 6 heteroatoms. The third-order valence-corrected chi connectivity index (χ3v) is 5.77. The van der Waals surface area contributed by atoms with Crippen LogP contribution in [0.4, 0.5) is 4.20 Å². The van der Waals surface area contributed by atoms with Gasteiger partial charge in [0, 0.05) is 19.5 Å². The Balaban J connectivity index is 2.80. The molecule has 0 radical (unpaired) electrons. The molecule has 3 atom stereocenters. The first-order chi connectivity index (χ1) is 8.72. The maximum Gasteiger partial charge on any atom is 0.445 e. The Kier molecular flexibility index (Phi) is 5.99. The highest BCUT2D eigenvalue weighted by Crippen LogP contribution is 2.54. The van der Waals surface area contributed by atoms with E-state index in [1.807, 2.05) is 0 Å². The summed E-state index contributed by atoms with van der Waals surface area (Å²) in [7, 11) is 2.12. The predicted octanol–water partition coefficient (Wildman–Crippen LogP) is 3.44. The molecule has 19 heavy (non-hydrogen) atoms. The van der Waals surface area contributed by atoms with Crippen LogP contribution < -0.4 is 0 Å². The van der Waals surface area contributed by atoms with Gasteiger partial charge in [-0.25, -0.2) is 9.24 Å². The standard InChI is InChI=1S/C13H29FN2O2P/c1-6-15(7-2)19(14,17)18-13-11-9-8-10-12(13)16(3,4)5/h12-13H,6-11H2,1-5H3/q+1/t12-,13-,19?/m0/s1. The van der Waals surface area contributed by atoms with Crippen LogP contribution in [-0.2, 0) is 9.09 Å². The Morgan fingerprint density at radius 2 is 1.74 bits per heavy atom. The molecule has 1 rings (SSSR count). The van der Waals surface area contributed by atoms with Crippen LogP contribution in [0.3, 0.4) is 0 Å². The van der Waals surface area contributed by atoms with E-state index in [2.05, 4.69) is 21.1 Å². The summed E-state index contributed by atoms with van der Waals surface area (Å²) in [5, 5.41) is 0. The zero-order valence-electron chi connectivity index (χ0n) is 12.9. The lowest BCUT2D eigenvalue weighted by molar-refractivity contribution is -0.900. The Morgan fingerprint density at radius 3 is 2.21 bits per heavy atom. The molecule has 0 heterocycles. The van der Waals surface area contributed by atoms with Gasteiger partial charge in [0.2, 0.25) is 0 Å². The van der Waals surface area contributed by atoms with Crippen molar-refractivity contribution in [2.45, 2.75) is 51.7 Å². The number of nitrogens with zero attached hydrogens (tertiary/aromatic N) is 2. The molecule has 0 bridgehead atoms. The molecular formula is C13H29FN2O2P+. The summed E-state index contributed by atoms with van der Waals surface area (Å²) in [6.07, 6.45) is 3.73. The van der Waals surface area contributed by atoms with Crippen molar-refractivity contribution < 1.29 is 17.8 Å². The third-order valence-electron chi connectivity index (χ3n) is 4.00. The zero-order valence-corrected chi connectivity index (χ0v) is 13.8. The molecule has 0 aromatic rings. The van der Waals surface area contributed by atoms with Gasteiger partial charge in [0.15, 0.2) is 0 Å². The molecule has 0 aromatic carbocycles. The van der Waals surface area contributed by atoms with E-state index in [-0.39, 0.29) is 12.1 Å². The van der Waals surface area contributed by atoms with Crippen LogP contribution in [0.15, 0.2) is 0 Å². The highest BCUT2D eigenvalue weighted by atomic mass is 31.2. The van der Waals surface area contributed by atoms with E-state index in [9.17, 15) is 8.76 Å². The number of hydrogen-bond donors (Lipinski definition) is 0. The summed E-state index contributed by atoms with van der Waals surface area (Å²) in [5.41, 5.74) is 0. The van der Waals surface area contributed by atoms with Crippen LogP contribution in [0.5, 0.6) is 0 Å². The molecule has 1 saturated carbocycles. The van der Waals surface area contributed by atoms with Crippen LogP contribution in [0.2, 0.25) is 0 Å². The summed E-state index contributed by atoms with van der Waals surface area (Å²) in [5.74, 6) is 0. The van der Waals surface area contributed by atoms with Gasteiger partial charge in [0.25, 0.3) is 0 Å². The van der Waals surface area contributed by atoms with Gasteiger partial charge < -0.3 is 4.48 Å². The van der Waals surface area contributed by atoms with Gasteiger partial charge >= 0.3 is 7.83 Å². The molecule has 0 aromatic heterocycles. The lowest BCUT2D eigenvalue weighted by Gasteiger charge is -2.42. The number of halogens is 1. The second kappa shape index (κ2) is 6.66. The number of likely N-dealkylation sites (N-methyl/N-ethyl adjacent to an activating group) is 1. The largest absolute Gasteiger partial charge is 0.445 e. The van der Waals surface area contributed by atoms with E-state index in [0.717, 1.165) is 30.2 Å². The fourth-order valence-corrected chi connectivity index (χ4v) is 4.27. The minimum Gasteiger partial charge on any atom is -0.326 e. The maximum atomic E-state index is 14.4. The third kappa shape index (κ3) is 4.52. The quantitative estimate of drug-likeness (QED) is 0.555. The molecule has 1 aliphatic rings. The van der Waals surface area contributed by atoms with Gasteiger partial charge in [-0.1, -0.05) is 20.3 Å². The number of quaternary nitrogens is 1. The van der Waals surface area contributed by atoms with Crippen molar-refractivity contribution in [1.82, 2.24) is 4.67 Å². The number of rotatable bonds is 6. The minimum absolute atomic E-state index is 0.216. The highest BCUT2D eigenvalue weighted by molar-refractivity contribution is 7.50. The topological polar surface area (TPSA) is 29.5 Å². The van der Waals surface area contributed by atoms with Gasteiger partial charge in [-0.3, -0.25) is 4.52 Å². The molecule has 114 valence electrons. The lowest BCUT2D eigenvalue weighted by Crippen LogP contribution is -2.53. The highest BCUT2D eigenvalue weighted by Gasteiger charge is 2.42. The molecule has 0 spiro atoms. The molecule has 0 amide bonds. The summed E-state index contributed by atoms with van der Waals surface area (Å²) >= 11 is 0. The summed E-state index contributed by atoms with van der Waals surface area (Å²) < 4.78 is 34.0. The second-order valence-electron chi connectivity index (χ2n) is 6.20. The molecule has 0 aliphatic heterocycles. The van der Waals surface area contributed by atoms with Crippen molar-refractivity contribution in [3.8, 4) is 0 Å². The summed E-state index contributed by atoms with van der Waals surface area (Å²) in [6.45, 7) is 4.42. The fraction of sp³-hybridized carbons (Fsp3) is 1.00. The zero-order chi connectivity index (χ0) is 14.7. The Morgan fingerprint density at radius 1 is 1.21 bits per heavy atom. The SMILES string of the molecule is CCN(CC)P(=O)(F)O[C@H]1CCCC[C@@H]1[N+](C)(C)C. The average molecular weight is 295 g/mol. The first-order valence-electron chi connectivity index (χ1n) is 7.27. The van der Waals surface area contributed by atoms with E-state index < -0.39 is 7.83 Å². The Hall–Kier alpha value is 0.0400. The van der Waals surface area contributed by atoms with E-state index >= 15 is 0 Å². The minimum atomic E-state index is -4.15. The van der Waals surface area contributed by atoms with E-state index in [0.29, 0.717) is 13.1 Å². The smallest absolute Gasteiger partial charge is 0.326 e. The van der Waals surface area contributed by atoms with Crippen molar-refractivity contribution in [1.29, 1.82) is 0 Å². The first-order valence-corrected chi connectivity index (χ1v) is 8.73. The second-order valence-corrected chi connectivity index (χ2v) is 7.88. The fourth-order valence-electron chi connectivity index (χ4n) is 2.88. The molecule has 1 fully saturated rings. The number of hydrogen-bond acceptors (Lipinski definition) is 2. The Bertz CT molecular complexity index is 329. The van der Waals surface area contributed by atoms with E-state index in [4.69, 9.17) is 4.52 Å². The van der Waals surface area contributed by atoms with Crippen LogP contribution in [0.25, 0.3) is 0 Å². The van der Waals surface area contributed by atoms with Crippen LogP contribution in [0, 0.1) is 0 Å². The van der Waals surface area contributed by atoms with Crippen molar-refractivity contribution >= 4 is 7.83 Å². The van der Waals surface area contributed by atoms with Crippen molar-refractivity contribution in [3.05, 3.63) is 0 Å². The van der Waals surface area contributed by atoms with E-state index in [1.165, 1.54) is 4.67 Å². The van der Waals surface area contributed by atoms with E-state index in [1.54, 1.807) is 13.8 Å². The maximum absolute atomic E-state index is 14.4. The molecule has 1 unspecified atom stereocenters. The molecule has 0 N–H and O–H groups in total. The predicted molar refractivity (Wildman–Crippen MR) is 76.8 cm³/mol. The normalized spacial score (nSPS) is 28.4. The van der Waals surface area contributed by atoms with Gasteiger partial charge in [-0.05, 0) is 12.8 Å². The van der Waals surface area contributed by atoms with Gasteiger partial charge in [-0.15, -0.1) is 4.20 Å². The Labute approximate surface area is 117 Å². The summed E-state index contributed by atoms with van der Waals surface area (Å²) in [4.78, 5) is 0. The van der Waals surface area contributed by atoms with Crippen LogP contribution >= 0.6 is 7.83 Å².